The van der Waals surface area contributed by atoms with E-state index in [1.54, 1.807) is 24.3 Å². The molecule has 0 fully saturated rings. The molecule has 0 aliphatic heterocycles. The van der Waals surface area contributed by atoms with Gasteiger partial charge >= 0.3 is 5.97 Å². The zero-order valence-electron chi connectivity index (χ0n) is 12.3. The van der Waals surface area contributed by atoms with Gasteiger partial charge in [0, 0.05) is 16.5 Å². The topological polar surface area (TPSA) is 46.5 Å². The number of benzene rings is 2. The van der Waals surface area contributed by atoms with Crippen LogP contribution in [0.1, 0.15) is 16.7 Å². The minimum atomic E-state index is -1.01. The summed E-state index contributed by atoms with van der Waals surface area (Å²) in [6, 6.07) is 10.5. The van der Waals surface area contributed by atoms with Crippen molar-refractivity contribution < 1.29 is 14.6 Å². The molecule has 0 saturated carbocycles. The first-order valence-electron chi connectivity index (χ1n) is 6.77. The van der Waals surface area contributed by atoms with Crippen molar-refractivity contribution in [3.05, 3.63) is 63.1 Å². The van der Waals surface area contributed by atoms with Crippen molar-refractivity contribution in [3.63, 3.8) is 0 Å². The average molecular weight is 339 g/mol. The molecule has 0 aliphatic carbocycles. The first-order chi connectivity index (χ1) is 10.4. The summed E-state index contributed by atoms with van der Waals surface area (Å²) < 4.78 is 5.61. The monoisotopic (exact) mass is 338 g/mol. The largest absolute Gasteiger partial charge is 0.478 e. The maximum absolute atomic E-state index is 11.5. The number of ether oxygens (including phenoxy) is 1. The van der Waals surface area contributed by atoms with Gasteiger partial charge in [0.1, 0.15) is 5.75 Å². The van der Waals surface area contributed by atoms with E-state index < -0.39 is 12.1 Å². The summed E-state index contributed by atoms with van der Waals surface area (Å²) in [5, 5.41) is 10.6. The standard InChI is InChI=1S/C17H16Cl2O3/c1-10-7-13(18)4-3-12(10)9-16(17(20)21)22-14-5-6-15(19)11(2)8-14/h3-8,16H,9H2,1-2H3,(H,20,21)/t16-/m0/s1. The SMILES string of the molecule is Cc1cc(O[C@@H](Cc2ccc(Cl)cc2C)C(=O)O)ccc1Cl. The lowest BCUT2D eigenvalue weighted by atomic mass is 10.0. The van der Waals surface area contributed by atoms with E-state index in [0.29, 0.717) is 15.8 Å². The van der Waals surface area contributed by atoms with Gasteiger partial charge in [0.2, 0.25) is 0 Å². The molecular formula is C17H16Cl2O3. The van der Waals surface area contributed by atoms with Crippen LogP contribution in [0, 0.1) is 13.8 Å². The third-order valence-corrected chi connectivity index (χ3v) is 4.05. The van der Waals surface area contributed by atoms with Gasteiger partial charge in [-0.05, 0) is 60.9 Å². The molecule has 0 bridgehead atoms. The van der Waals surface area contributed by atoms with E-state index in [4.69, 9.17) is 27.9 Å². The number of halogens is 2. The highest BCUT2D eigenvalue weighted by Gasteiger charge is 2.21. The van der Waals surface area contributed by atoms with Crippen molar-refractivity contribution in [2.75, 3.05) is 0 Å². The summed E-state index contributed by atoms with van der Waals surface area (Å²) in [5.74, 6) is -0.525. The normalized spacial score (nSPS) is 12.0. The van der Waals surface area contributed by atoms with Crippen molar-refractivity contribution in [2.45, 2.75) is 26.4 Å². The molecule has 0 radical (unpaired) electrons. The van der Waals surface area contributed by atoms with Gasteiger partial charge in [-0.3, -0.25) is 0 Å². The number of carboxylic acids is 1. The van der Waals surface area contributed by atoms with E-state index in [0.717, 1.165) is 16.7 Å². The molecule has 2 aromatic rings. The average Bonchev–Trinajstić information content (AvgIpc) is 2.44. The summed E-state index contributed by atoms with van der Waals surface area (Å²) in [6.45, 7) is 3.74. The van der Waals surface area contributed by atoms with Crippen LogP contribution < -0.4 is 4.74 Å². The van der Waals surface area contributed by atoms with Crippen molar-refractivity contribution in [1.82, 2.24) is 0 Å². The van der Waals surface area contributed by atoms with Gasteiger partial charge < -0.3 is 9.84 Å². The third-order valence-electron chi connectivity index (χ3n) is 3.39. The van der Waals surface area contributed by atoms with Gasteiger partial charge in [0.05, 0.1) is 0 Å². The summed E-state index contributed by atoms with van der Waals surface area (Å²) in [4.78, 5) is 11.5. The second-order valence-corrected chi connectivity index (χ2v) is 5.97. The molecule has 0 heterocycles. The zero-order chi connectivity index (χ0) is 16.3. The molecule has 5 heteroatoms. The third kappa shape index (κ3) is 4.15. The molecule has 0 unspecified atom stereocenters. The minimum absolute atomic E-state index is 0.264. The molecule has 0 saturated heterocycles. The zero-order valence-corrected chi connectivity index (χ0v) is 13.8. The van der Waals surface area contributed by atoms with Gasteiger partial charge in [0.15, 0.2) is 6.10 Å². The Hall–Kier alpha value is -1.71. The van der Waals surface area contributed by atoms with E-state index in [2.05, 4.69) is 0 Å². The van der Waals surface area contributed by atoms with Crippen LogP contribution in [0.2, 0.25) is 10.0 Å². The molecule has 0 aromatic heterocycles. The van der Waals surface area contributed by atoms with Crippen molar-refractivity contribution in [3.8, 4) is 5.75 Å². The van der Waals surface area contributed by atoms with Crippen LogP contribution in [0.15, 0.2) is 36.4 Å². The van der Waals surface area contributed by atoms with Crippen LogP contribution in [0.4, 0.5) is 0 Å². The summed E-state index contributed by atoms with van der Waals surface area (Å²) in [7, 11) is 0. The summed E-state index contributed by atoms with van der Waals surface area (Å²) in [5.41, 5.74) is 2.67. The summed E-state index contributed by atoms with van der Waals surface area (Å²) in [6.07, 6.45) is -0.708. The maximum Gasteiger partial charge on any atom is 0.345 e. The van der Waals surface area contributed by atoms with Crippen LogP contribution in [-0.4, -0.2) is 17.2 Å². The summed E-state index contributed by atoms with van der Waals surface area (Å²) >= 11 is 11.9. The predicted molar refractivity (Wildman–Crippen MR) is 88.1 cm³/mol. The Morgan fingerprint density at radius 1 is 1.14 bits per heavy atom. The molecule has 2 rings (SSSR count). The van der Waals surface area contributed by atoms with Gasteiger partial charge in [-0.2, -0.15) is 0 Å². The fourth-order valence-electron chi connectivity index (χ4n) is 2.12. The number of carbonyl (C=O) groups is 1. The highest BCUT2D eigenvalue weighted by atomic mass is 35.5. The Bertz CT molecular complexity index is 698. The maximum atomic E-state index is 11.5. The Labute approximate surface area is 139 Å². The Kier molecular flexibility index (Phi) is 5.33. The first-order valence-corrected chi connectivity index (χ1v) is 7.53. The quantitative estimate of drug-likeness (QED) is 0.860. The lowest BCUT2D eigenvalue weighted by molar-refractivity contribution is -0.145. The molecule has 3 nitrogen and oxygen atoms in total. The van der Waals surface area contributed by atoms with E-state index >= 15 is 0 Å². The fourth-order valence-corrected chi connectivity index (χ4v) is 2.47. The van der Waals surface area contributed by atoms with E-state index in [1.807, 2.05) is 26.0 Å². The Morgan fingerprint density at radius 2 is 1.86 bits per heavy atom. The van der Waals surface area contributed by atoms with Crippen LogP contribution in [0.25, 0.3) is 0 Å². The van der Waals surface area contributed by atoms with Gasteiger partial charge in [-0.25, -0.2) is 4.79 Å². The Balaban J connectivity index is 2.19. The number of aliphatic carboxylic acids is 1. The van der Waals surface area contributed by atoms with E-state index in [1.165, 1.54) is 0 Å². The van der Waals surface area contributed by atoms with Crippen LogP contribution in [0.5, 0.6) is 5.75 Å². The van der Waals surface area contributed by atoms with Crippen molar-refractivity contribution in [1.29, 1.82) is 0 Å². The van der Waals surface area contributed by atoms with Crippen molar-refractivity contribution in [2.24, 2.45) is 0 Å². The smallest absolute Gasteiger partial charge is 0.345 e. The second-order valence-electron chi connectivity index (χ2n) is 5.13. The fraction of sp³-hybridized carbons (Fsp3) is 0.235. The Morgan fingerprint density at radius 3 is 2.45 bits per heavy atom. The highest BCUT2D eigenvalue weighted by molar-refractivity contribution is 6.31. The molecule has 2 aromatic carbocycles. The van der Waals surface area contributed by atoms with Crippen LogP contribution >= 0.6 is 23.2 Å². The first kappa shape index (κ1) is 16.7. The lowest BCUT2D eigenvalue weighted by Crippen LogP contribution is -2.29. The highest BCUT2D eigenvalue weighted by Crippen LogP contribution is 2.23. The van der Waals surface area contributed by atoms with E-state index in [9.17, 15) is 9.90 Å². The number of hydrogen-bond acceptors (Lipinski definition) is 2. The molecule has 116 valence electrons. The minimum Gasteiger partial charge on any atom is -0.478 e. The number of aryl methyl sites for hydroxylation is 2. The second kappa shape index (κ2) is 7.03. The molecular weight excluding hydrogens is 323 g/mol. The number of rotatable bonds is 5. The van der Waals surface area contributed by atoms with Crippen LogP contribution in [-0.2, 0) is 11.2 Å². The van der Waals surface area contributed by atoms with Gasteiger partial charge in [-0.15, -0.1) is 0 Å². The predicted octanol–water partition coefficient (Wildman–Crippen LogP) is 4.68. The molecule has 0 spiro atoms. The van der Waals surface area contributed by atoms with Gasteiger partial charge in [-0.1, -0.05) is 29.3 Å². The molecule has 1 N–H and O–H groups in total. The lowest BCUT2D eigenvalue weighted by Gasteiger charge is -2.17. The van der Waals surface area contributed by atoms with Crippen molar-refractivity contribution >= 4 is 29.2 Å². The van der Waals surface area contributed by atoms with Gasteiger partial charge in [0.25, 0.3) is 0 Å². The molecule has 0 amide bonds. The molecule has 0 aliphatic rings. The number of hydrogen-bond donors (Lipinski definition) is 1. The molecule has 1 atom stereocenters. The van der Waals surface area contributed by atoms with Crippen LogP contribution in [0.3, 0.4) is 0 Å². The molecule has 22 heavy (non-hydrogen) atoms. The number of carboxylic acid groups (broad SMARTS) is 1. The van der Waals surface area contributed by atoms with E-state index in [-0.39, 0.29) is 6.42 Å².